The van der Waals surface area contributed by atoms with Gasteiger partial charge in [-0.2, -0.15) is 0 Å². The van der Waals surface area contributed by atoms with Crippen LogP contribution >= 0.6 is 0 Å². The van der Waals surface area contributed by atoms with E-state index < -0.39 is 18.3 Å². The highest BCUT2D eigenvalue weighted by atomic mass is 16.8. The van der Waals surface area contributed by atoms with E-state index in [9.17, 15) is 9.59 Å². The van der Waals surface area contributed by atoms with Crippen LogP contribution in [0.5, 0.6) is 0 Å². The molecule has 6 nitrogen and oxygen atoms in total. The normalized spacial score (nSPS) is 24.7. The Bertz CT molecular complexity index is 326. The average Bonchev–Trinajstić information content (AvgIpc) is 2.39. The van der Waals surface area contributed by atoms with Crippen LogP contribution in [0.15, 0.2) is 0 Å². The van der Waals surface area contributed by atoms with Gasteiger partial charge in [-0.25, -0.2) is 9.90 Å². The molecule has 1 aliphatic heterocycles. The molecule has 2 aliphatic rings. The van der Waals surface area contributed by atoms with Crippen LogP contribution in [0.2, 0.25) is 0 Å². The average molecular weight is 285 g/mol. The molecule has 1 amide bonds. The van der Waals surface area contributed by atoms with Crippen molar-refractivity contribution in [1.29, 1.82) is 0 Å². The number of amides is 1. The number of rotatable bonds is 8. The van der Waals surface area contributed by atoms with E-state index in [4.69, 9.17) is 14.7 Å². The Kier molecular flexibility index (Phi) is 5.79. The van der Waals surface area contributed by atoms with Crippen molar-refractivity contribution in [3.8, 4) is 0 Å². The Labute approximate surface area is 119 Å². The summed E-state index contributed by atoms with van der Waals surface area (Å²) in [6, 6.07) is -0.402. The monoisotopic (exact) mass is 285 g/mol. The second-order valence-corrected chi connectivity index (χ2v) is 5.65. The molecule has 1 heterocycles. The Morgan fingerprint density at radius 1 is 1.35 bits per heavy atom. The zero-order valence-corrected chi connectivity index (χ0v) is 11.7. The molecular weight excluding hydrogens is 262 g/mol. The van der Waals surface area contributed by atoms with Crippen molar-refractivity contribution in [2.45, 2.75) is 63.7 Å². The molecule has 1 aliphatic carbocycles. The molecule has 1 saturated carbocycles. The summed E-state index contributed by atoms with van der Waals surface area (Å²) in [5, 5.41) is 10.2. The lowest BCUT2D eigenvalue weighted by Gasteiger charge is -2.35. The third-order valence-electron chi connectivity index (χ3n) is 4.08. The summed E-state index contributed by atoms with van der Waals surface area (Å²) in [5.41, 5.74) is 0. The predicted molar refractivity (Wildman–Crippen MR) is 70.6 cm³/mol. The van der Waals surface area contributed by atoms with Gasteiger partial charge in [0.2, 0.25) is 6.41 Å². The smallest absolute Gasteiger partial charge is 0.305 e. The first-order valence-corrected chi connectivity index (χ1v) is 7.43. The number of carbonyl (C=O) groups is 2. The fourth-order valence-electron chi connectivity index (χ4n) is 2.72. The van der Waals surface area contributed by atoms with E-state index in [1.165, 1.54) is 11.5 Å². The molecule has 2 atom stereocenters. The second-order valence-electron chi connectivity index (χ2n) is 5.65. The van der Waals surface area contributed by atoms with E-state index in [0.717, 1.165) is 32.1 Å². The first kappa shape index (κ1) is 15.3. The van der Waals surface area contributed by atoms with Gasteiger partial charge >= 0.3 is 5.97 Å². The largest absolute Gasteiger partial charge is 0.481 e. The van der Waals surface area contributed by atoms with Crippen molar-refractivity contribution in [2.24, 2.45) is 5.92 Å². The Morgan fingerprint density at radius 3 is 2.65 bits per heavy atom. The van der Waals surface area contributed by atoms with Crippen molar-refractivity contribution >= 4 is 12.4 Å². The maximum absolute atomic E-state index is 11.2. The topological polar surface area (TPSA) is 76.1 Å². The van der Waals surface area contributed by atoms with Gasteiger partial charge in [0.15, 0.2) is 6.29 Å². The number of carboxylic acids is 1. The molecule has 1 saturated heterocycles. The lowest BCUT2D eigenvalue weighted by Crippen LogP contribution is -2.42. The molecule has 1 N–H and O–H groups in total. The lowest BCUT2D eigenvalue weighted by atomic mass is 9.80. The van der Waals surface area contributed by atoms with Crippen LogP contribution < -0.4 is 0 Å². The Hall–Kier alpha value is -1.14. The van der Waals surface area contributed by atoms with Crippen LogP contribution in [-0.4, -0.2) is 41.5 Å². The molecule has 0 radical (unpaired) electrons. The first-order chi connectivity index (χ1) is 9.69. The van der Waals surface area contributed by atoms with Gasteiger partial charge in [0.05, 0.1) is 12.5 Å². The van der Waals surface area contributed by atoms with Gasteiger partial charge in [0.1, 0.15) is 0 Å². The number of hydroxylamine groups is 2. The van der Waals surface area contributed by atoms with Crippen LogP contribution in [0, 0.1) is 5.92 Å². The number of nitrogens with zero attached hydrogens (tertiary/aromatic N) is 1. The molecule has 0 bridgehead atoms. The molecule has 0 aromatic heterocycles. The zero-order valence-electron chi connectivity index (χ0n) is 11.7. The van der Waals surface area contributed by atoms with Crippen molar-refractivity contribution in [1.82, 2.24) is 5.06 Å². The summed E-state index contributed by atoms with van der Waals surface area (Å²) in [4.78, 5) is 27.8. The standard InChI is InChI=1S/C14H23NO5/c16-10-15(20-14-6-1-2-7-19-14)12(9-13(17)18)8-11-4-3-5-11/h10-12,14H,1-9H2,(H,17,18). The second kappa shape index (κ2) is 7.59. The van der Waals surface area contributed by atoms with Crippen molar-refractivity contribution < 1.29 is 24.3 Å². The van der Waals surface area contributed by atoms with Crippen molar-refractivity contribution in [3.05, 3.63) is 0 Å². The maximum atomic E-state index is 11.2. The maximum Gasteiger partial charge on any atom is 0.305 e. The SMILES string of the molecule is O=CN(OC1CCCCO1)C(CC(=O)O)CC1CCC1. The van der Waals surface area contributed by atoms with Crippen molar-refractivity contribution in [3.63, 3.8) is 0 Å². The number of carboxylic acid groups (broad SMARTS) is 1. The van der Waals surface area contributed by atoms with Gasteiger partial charge in [-0.15, -0.1) is 0 Å². The predicted octanol–water partition coefficient (Wildman–Crippen LogP) is 1.94. The van der Waals surface area contributed by atoms with E-state index in [2.05, 4.69) is 0 Å². The van der Waals surface area contributed by atoms with E-state index in [0.29, 0.717) is 25.4 Å². The molecule has 0 aromatic rings. The van der Waals surface area contributed by atoms with Crippen LogP contribution in [0.25, 0.3) is 0 Å². The molecule has 2 rings (SSSR count). The molecule has 6 heteroatoms. The van der Waals surface area contributed by atoms with Gasteiger partial charge < -0.3 is 9.84 Å². The highest BCUT2D eigenvalue weighted by Crippen LogP contribution is 2.32. The van der Waals surface area contributed by atoms with Crippen molar-refractivity contribution in [2.75, 3.05) is 6.61 Å². The fourth-order valence-corrected chi connectivity index (χ4v) is 2.72. The van der Waals surface area contributed by atoms with Gasteiger partial charge in [-0.3, -0.25) is 9.59 Å². The third-order valence-corrected chi connectivity index (χ3v) is 4.08. The van der Waals surface area contributed by atoms with Gasteiger partial charge in [-0.05, 0) is 25.2 Å². The van der Waals surface area contributed by atoms with E-state index in [1.54, 1.807) is 0 Å². The van der Waals surface area contributed by atoms with E-state index in [1.807, 2.05) is 0 Å². The van der Waals surface area contributed by atoms with Crippen LogP contribution in [-0.2, 0) is 19.2 Å². The Morgan fingerprint density at radius 2 is 2.15 bits per heavy atom. The minimum atomic E-state index is -0.908. The van der Waals surface area contributed by atoms with E-state index in [-0.39, 0.29) is 6.42 Å². The summed E-state index contributed by atoms with van der Waals surface area (Å²) >= 11 is 0. The first-order valence-electron chi connectivity index (χ1n) is 7.43. The summed E-state index contributed by atoms with van der Waals surface area (Å²) in [7, 11) is 0. The zero-order chi connectivity index (χ0) is 14.4. The molecule has 0 spiro atoms. The summed E-state index contributed by atoms with van der Waals surface area (Å²) in [6.07, 6.45) is 6.94. The lowest BCUT2D eigenvalue weighted by molar-refractivity contribution is -0.287. The van der Waals surface area contributed by atoms with Crippen LogP contribution in [0.3, 0.4) is 0 Å². The number of carbonyl (C=O) groups excluding carboxylic acids is 1. The Balaban J connectivity index is 1.90. The molecule has 114 valence electrons. The van der Waals surface area contributed by atoms with Gasteiger partial charge in [0, 0.05) is 13.0 Å². The number of aliphatic carboxylic acids is 1. The summed E-state index contributed by atoms with van der Waals surface area (Å²) in [5.74, 6) is -0.396. The molecule has 2 fully saturated rings. The quantitative estimate of drug-likeness (QED) is 0.545. The summed E-state index contributed by atoms with van der Waals surface area (Å²) < 4.78 is 5.44. The van der Waals surface area contributed by atoms with Gasteiger partial charge in [0.25, 0.3) is 0 Å². The fraction of sp³-hybridized carbons (Fsp3) is 0.857. The molecule has 2 unspecified atom stereocenters. The number of hydrogen-bond donors (Lipinski definition) is 1. The highest BCUT2D eigenvalue weighted by Gasteiger charge is 2.30. The highest BCUT2D eigenvalue weighted by molar-refractivity contribution is 5.68. The number of ether oxygens (including phenoxy) is 1. The van der Waals surface area contributed by atoms with Crippen LogP contribution in [0.1, 0.15) is 51.4 Å². The minimum Gasteiger partial charge on any atom is -0.481 e. The van der Waals surface area contributed by atoms with Crippen LogP contribution in [0.4, 0.5) is 0 Å². The minimum absolute atomic E-state index is 0.0814. The molecular formula is C14H23NO5. The molecule has 0 aromatic carbocycles. The molecule has 20 heavy (non-hydrogen) atoms. The van der Waals surface area contributed by atoms with Gasteiger partial charge in [-0.1, -0.05) is 19.3 Å². The number of hydrogen-bond acceptors (Lipinski definition) is 4. The third kappa shape index (κ3) is 4.45. The summed E-state index contributed by atoms with van der Waals surface area (Å²) in [6.45, 7) is 0.629. The van der Waals surface area contributed by atoms with E-state index >= 15 is 0 Å².